The predicted molar refractivity (Wildman–Crippen MR) is 86.9 cm³/mol. The molecule has 124 valence electrons. The van der Waals surface area contributed by atoms with Gasteiger partial charge in [0.2, 0.25) is 10.0 Å². The lowest BCUT2D eigenvalue weighted by atomic mass is 10.3. The van der Waals surface area contributed by atoms with E-state index in [0.717, 1.165) is 6.26 Å². The van der Waals surface area contributed by atoms with E-state index in [4.69, 9.17) is 4.74 Å². The summed E-state index contributed by atoms with van der Waals surface area (Å²) in [7, 11) is -1.94. The lowest BCUT2D eigenvalue weighted by molar-refractivity contribution is 0.239. The number of amides is 2. The topological polar surface area (TPSA) is 87.7 Å². The summed E-state index contributed by atoms with van der Waals surface area (Å²) in [5, 5.41) is 5.30. The van der Waals surface area contributed by atoms with Crippen molar-refractivity contribution in [1.82, 2.24) is 10.6 Å². The number of rotatable bonds is 7. The summed E-state index contributed by atoms with van der Waals surface area (Å²) < 4.78 is 30.2. The van der Waals surface area contributed by atoms with E-state index in [1.807, 2.05) is 13.8 Å². The van der Waals surface area contributed by atoms with Crippen LogP contribution >= 0.6 is 0 Å². The van der Waals surface area contributed by atoms with Crippen LogP contribution in [0.25, 0.3) is 0 Å². The van der Waals surface area contributed by atoms with Gasteiger partial charge in [-0.3, -0.25) is 4.31 Å². The Kier molecular flexibility index (Phi) is 6.48. The van der Waals surface area contributed by atoms with Crippen LogP contribution in [0.15, 0.2) is 24.3 Å². The van der Waals surface area contributed by atoms with Gasteiger partial charge in [0, 0.05) is 18.7 Å². The summed E-state index contributed by atoms with van der Waals surface area (Å²) in [4.78, 5) is 11.5. The number of ether oxygens (including phenoxy) is 1. The highest BCUT2D eigenvalue weighted by Crippen LogP contribution is 2.22. The molecule has 1 aromatic rings. The monoisotopic (exact) mass is 329 g/mol. The molecule has 0 aliphatic carbocycles. The van der Waals surface area contributed by atoms with Crippen LogP contribution in [-0.2, 0) is 10.0 Å². The first-order chi connectivity index (χ1) is 10.2. The largest absolute Gasteiger partial charge is 0.497 e. The van der Waals surface area contributed by atoms with Crippen LogP contribution in [0, 0.1) is 0 Å². The molecule has 0 spiro atoms. The molecular formula is C14H23N3O4S. The SMILES string of the molecule is COc1cccc(N(CCNC(=O)NC(C)C)S(C)(=O)=O)c1. The molecule has 0 fully saturated rings. The van der Waals surface area contributed by atoms with E-state index in [1.165, 1.54) is 11.4 Å². The molecule has 0 aliphatic heterocycles. The van der Waals surface area contributed by atoms with Crippen molar-refractivity contribution in [2.45, 2.75) is 19.9 Å². The Labute approximate surface area is 131 Å². The van der Waals surface area contributed by atoms with Crippen molar-refractivity contribution in [1.29, 1.82) is 0 Å². The van der Waals surface area contributed by atoms with Gasteiger partial charge in [0.05, 0.1) is 25.6 Å². The number of nitrogens with one attached hydrogen (secondary N) is 2. The van der Waals surface area contributed by atoms with Crippen molar-refractivity contribution in [2.24, 2.45) is 0 Å². The number of anilines is 1. The van der Waals surface area contributed by atoms with Crippen molar-refractivity contribution >= 4 is 21.7 Å². The van der Waals surface area contributed by atoms with Gasteiger partial charge in [-0.1, -0.05) is 6.07 Å². The third-order valence-electron chi connectivity index (χ3n) is 2.76. The molecule has 0 saturated carbocycles. The lowest BCUT2D eigenvalue weighted by Crippen LogP contribution is -2.43. The zero-order valence-corrected chi connectivity index (χ0v) is 14.1. The van der Waals surface area contributed by atoms with Crippen molar-refractivity contribution in [2.75, 3.05) is 30.8 Å². The van der Waals surface area contributed by atoms with Crippen LogP contribution in [0.5, 0.6) is 5.75 Å². The molecule has 0 aromatic heterocycles. The standard InChI is InChI=1S/C14H23N3O4S/c1-11(2)16-14(18)15-8-9-17(22(4,19)20)12-6-5-7-13(10-12)21-3/h5-7,10-11H,8-9H2,1-4H3,(H2,15,16,18). The van der Waals surface area contributed by atoms with Gasteiger partial charge in [-0.2, -0.15) is 0 Å². The Morgan fingerprint density at radius 2 is 2.05 bits per heavy atom. The molecule has 1 rings (SSSR count). The molecular weight excluding hydrogens is 306 g/mol. The highest BCUT2D eigenvalue weighted by Gasteiger charge is 2.18. The quantitative estimate of drug-likeness (QED) is 0.786. The molecule has 7 nitrogen and oxygen atoms in total. The average molecular weight is 329 g/mol. The van der Waals surface area contributed by atoms with Gasteiger partial charge in [0.1, 0.15) is 5.75 Å². The third kappa shape index (κ3) is 5.80. The maximum Gasteiger partial charge on any atom is 0.315 e. The molecule has 0 aliphatic rings. The van der Waals surface area contributed by atoms with Crippen LogP contribution in [0.3, 0.4) is 0 Å². The molecule has 2 amide bonds. The van der Waals surface area contributed by atoms with Crippen LogP contribution in [-0.4, -0.2) is 46.9 Å². The Bertz CT molecular complexity index is 602. The van der Waals surface area contributed by atoms with E-state index in [1.54, 1.807) is 24.3 Å². The zero-order valence-electron chi connectivity index (χ0n) is 13.3. The fourth-order valence-corrected chi connectivity index (χ4v) is 2.76. The molecule has 0 unspecified atom stereocenters. The van der Waals surface area contributed by atoms with Crippen molar-refractivity contribution < 1.29 is 17.9 Å². The van der Waals surface area contributed by atoms with Crippen LogP contribution in [0.2, 0.25) is 0 Å². The number of nitrogens with zero attached hydrogens (tertiary/aromatic N) is 1. The van der Waals surface area contributed by atoms with Gasteiger partial charge < -0.3 is 15.4 Å². The van der Waals surface area contributed by atoms with Crippen molar-refractivity contribution in [3.63, 3.8) is 0 Å². The van der Waals surface area contributed by atoms with E-state index in [9.17, 15) is 13.2 Å². The number of carbonyl (C=O) groups is 1. The van der Waals surface area contributed by atoms with E-state index >= 15 is 0 Å². The summed E-state index contributed by atoms with van der Waals surface area (Å²) >= 11 is 0. The minimum atomic E-state index is -3.46. The lowest BCUT2D eigenvalue weighted by Gasteiger charge is -2.23. The fourth-order valence-electron chi connectivity index (χ4n) is 1.84. The maximum atomic E-state index is 11.9. The smallest absolute Gasteiger partial charge is 0.315 e. The molecule has 1 aromatic carbocycles. The number of methoxy groups -OCH3 is 1. The second-order valence-corrected chi connectivity index (χ2v) is 7.00. The number of benzene rings is 1. The highest BCUT2D eigenvalue weighted by molar-refractivity contribution is 7.92. The van der Waals surface area contributed by atoms with Crippen molar-refractivity contribution in [3.8, 4) is 5.75 Å². The Morgan fingerprint density at radius 1 is 1.36 bits per heavy atom. The number of hydrogen-bond donors (Lipinski definition) is 2. The van der Waals surface area contributed by atoms with E-state index in [-0.39, 0.29) is 25.2 Å². The molecule has 0 bridgehead atoms. The molecule has 22 heavy (non-hydrogen) atoms. The van der Waals surface area contributed by atoms with Gasteiger partial charge in [-0.25, -0.2) is 13.2 Å². The number of sulfonamides is 1. The number of urea groups is 1. The zero-order chi connectivity index (χ0) is 16.8. The van der Waals surface area contributed by atoms with Gasteiger partial charge in [0.25, 0.3) is 0 Å². The molecule has 0 atom stereocenters. The first-order valence-corrected chi connectivity index (χ1v) is 8.75. The van der Waals surface area contributed by atoms with E-state index in [2.05, 4.69) is 10.6 Å². The van der Waals surface area contributed by atoms with Gasteiger partial charge in [-0.15, -0.1) is 0 Å². The van der Waals surface area contributed by atoms with Crippen molar-refractivity contribution in [3.05, 3.63) is 24.3 Å². The minimum Gasteiger partial charge on any atom is -0.497 e. The summed E-state index contributed by atoms with van der Waals surface area (Å²) in [5.74, 6) is 0.566. The molecule has 8 heteroatoms. The number of hydrogen-bond acceptors (Lipinski definition) is 4. The average Bonchev–Trinajstić information content (AvgIpc) is 2.41. The van der Waals surface area contributed by atoms with E-state index in [0.29, 0.717) is 11.4 Å². The minimum absolute atomic E-state index is 0.0180. The second kappa shape index (κ2) is 7.88. The summed E-state index contributed by atoms with van der Waals surface area (Å²) in [6.07, 6.45) is 1.13. The fraction of sp³-hybridized carbons (Fsp3) is 0.500. The first kappa shape index (κ1) is 18.1. The van der Waals surface area contributed by atoms with Gasteiger partial charge in [0.15, 0.2) is 0 Å². The third-order valence-corrected chi connectivity index (χ3v) is 3.96. The summed E-state index contributed by atoms with van der Waals surface area (Å²) in [5.41, 5.74) is 0.493. The Morgan fingerprint density at radius 3 is 2.59 bits per heavy atom. The van der Waals surface area contributed by atoms with E-state index < -0.39 is 10.0 Å². The normalized spacial score (nSPS) is 11.1. The van der Waals surface area contributed by atoms with Gasteiger partial charge >= 0.3 is 6.03 Å². The van der Waals surface area contributed by atoms with Crippen LogP contribution in [0.1, 0.15) is 13.8 Å². The summed E-state index contributed by atoms with van der Waals surface area (Å²) in [6.45, 7) is 4.03. The van der Waals surface area contributed by atoms with Crippen LogP contribution in [0.4, 0.5) is 10.5 Å². The predicted octanol–water partition coefficient (Wildman–Crippen LogP) is 1.17. The Balaban J connectivity index is 2.76. The van der Waals surface area contributed by atoms with Gasteiger partial charge in [-0.05, 0) is 26.0 Å². The van der Waals surface area contributed by atoms with Crippen LogP contribution < -0.4 is 19.7 Å². The Hall–Kier alpha value is -1.96. The maximum absolute atomic E-state index is 11.9. The summed E-state index contributed by atoms with van der Waals surface area (Å²) in [6, 6.07) is 6.45. The first-order valence-electron chi connectivity index (χ1n) is 6.90. The highest BCUT2D eigenvalue weighted by atomic mass is 32.2. The molecule has 0 radical (unpaired) electrons. The molecule has 0 saturated heterocycles. The number of carbonyl (C=O) groups excluding carboxylic acids is 1. The molecule has 2 N–H and O–H groups in total. The second-order valence-electron chi connectivity index (χ2n) is 5.09. The molecule has 0 heterocycles.